The van der Waals surface area contributed by atoms with Crippen LogP contribution in [-0.4, -0.2) is 29.6 Å². The van der Waals surface area contributed by atoms with Crippen molar-refractivity contribution in [3.05, 3.63) is 34.7 Å². The lowest BCUT2D eigenvalue weighted by Crippen LogP contribution is -2.38. The van der Waals surface area contributed by atoms with Crippen LogP contribution in [0.2, 0.25) is 0 Å². The Morgan fingerprint density at radius 1 is 1.20 bits per heavy atom. The lowest BCUT2D eigenvalue weighted by atomic mass is 10.00. The van der Waals surface area contributed by atoms with Crippen molar-refractivity contribution in [1.82, 2.24) is 9.88 Å². The molecule has 2 heterocycles. The van der Waals surface area contributed by atoms with Crippen molar-refractivity contribution in [2.24, 2.45) is 0 Å². The topological polar surface area (TPSA) is 38.5 Å². The third-order valence-electron chi connectivity index (χ3n) is 5.44. The Kier molecular flexibility index (Phi) is 5.48. The van der Waals surface area contributed by atoms with Crippen LogP contribution in [0.15, 0.2) is 16.5 Å². The fourth-order valence-electron chi connectivity index (χ4n) is 3.85. The van der Waals surface area contributed by atoms with Crippen LogP contribution in [0.5, 0.6) is 5.75 Å². The summed E-state index contributed by atoms with van der Waals surface area (Å²) in [7, 11) is 1.71. The van der Waals surface area contributed by atoms with Crippen molar-refractivity contribution in [2.45, 2.75) is 66.0 Å². The number of oxazole rings is 1. The lowest BCUT2D eigenvalue weighted by molar-refractivity contribution is 0.134. The van der Waals surface area contributed by atoms with Gasteiger partial charge in [-0.15, -0.1) is 0 Å². The van der Waals surface area contributed by atoms with Gasteiger partial charge in [0.1, 0.15) is 11.5 Å². The van der Waals surface area contributed by atoms with Crippen molar-refractivity contribution >= 4 is 0 Å². The minimum atomic E-state index is 0.679. The average Bonchev–Trinajstić information content (AvgIpc) is 2.97. The predicted molar refractivity (Wildman–Crippen MR) is 101 cm³/mol. The Bertz CT molecular complexity index is 736. The van der Waals surface area contributed by atoms with E-state index in [1.807, 2.05) is 6.92 Å². The van der Waals surface area contributed by atoms with Crippen molar-refractivity contribution in [3.8, 4) is 17.2 Å². The molecule has 1 aromatic heterocycles. The first-order valence-corrected chi connectivity index (χ1v) is 9.39. The van der Waals surface area contributed by atoms with Gasteiger partial charge in [-0.05, 0) is 69.8 Å². The second-order valence-electron chi connectivity index (χ2n) is 7.19. The summed E-state index contributed by atoms with van der Waals surface area (Å²) in [6.45, 7) is 10.5. The molecule has 0 aliphatic carbocycles. The molecule has 0 saturated carbocycles. The van der Waals surface area contributed by atoms with Crippen molar-refractivity contribution in [3.63, 3.8) is 0 Å². The smallest absolute Gasteiger partial charge is 0.226 e. The molecule has 25 heavy (non-hydrogen) atoms. The highest BCUT2D eigenvalue weighted by Crippen LogP contribution is 2.31. The van der Waals surface area contributed by atoms with Crippen LogP contribution < -0.4 is 4.74 Å². The summed E-state index contributed by atoms with van der Waals surface area (Å²) in [4.78, 5) is 7.42. The molecule has 1 saturated heterocycles. The Balaban J connectivity index is 1.86. The molecule has 1 aliphatic rings. The molecule has 136 valence electrons. The summed E-state index contributed by atoms with van der Waals surface area (Å²) in [5, 5.41) is 0. The number of nitrogens with zero attached hydrogens (tertiary/aromatic N) is 2. The molecule has 1 aromatic carbocycles. The zero-order chi connectivity index (χ0) is 18.0. The quantitative estimate of drug-likeness (QED) is 0.763. The Hall–Kier alpha value is -1.81. The van der Waals surface area contributed by atoms with Gasteiger partial charge in [-0.3, -0.25) is 4.90 Å². The summed E-state index contributed by atoms with van der Waals surface area (Å²) >= 11 is 0. The molecule has 0 amide bonds. The van der Waals surface area contributed by atoms with E-state index in [1.165, 1.54) is 32.2 Å². The second kappa shape index (κ2) is 7.61. The van der Waals surface area contributed by atoms with Gasteiger partial charge in [0.25, 0.3) is 0 Å². The summed E-state index contributed by atoms with van der Waals surface area (Å²) in [6.07, 6.45) is 5.15. The molecule has 0 unspecified atom stereocenters. The molecule has 1 atom stereocenters. The van der Waals surface area contributed by atoms with E-state index in [4.69, 9.17) is 14.1 Å². The summed E-state index contributed by atoms with van der Waals surface area (Å²) in [5.74, 6) is 2.56. The highest BCUT2D eigenvalue weighted by molar-refractivity contribution is 5.62. The van der Waals surface area contributed by atoms with Gasteiger partial charge in [0.15, 0.2) is 0 Å². The zero-order valence-corrected chi connectivity index (χ0v) is 16.2. The largest absolute Gasteiger partial charge is 0.496 e. The van der Waals surface area contributed by atoms with Gasteiger partial charge in [0.05, 0.1) is 12.8 Å². The van der Waals surface area contributed by atoms with E-state index in [0.29, 0.717) is 6.04 Å². The minimum absolute atomic E-state index is 0.679. The van der Waals surface area contributed by atoms with E-state index in [1.54, 1.807) is 7.11 Å². The van der Waals surface area contributed by atoms with Gasteiger partial charge in [-0.1, -0.05) is 13.3 Å². The van der Waals surface area contributed by atoms with Gasteiger partial charge in [-0.25, -0.2) is 4.98 Å². The van der Waals surface area contributed by atoms with Gasteiger partial charge in [-0.2, -0.15) is 0 Å². The van der Waals surface area contributed by atoms with Crippen LogP contribution in [0, 0.1) is 20.8 Å². The zero-order valence-electron chi connectivity index (χ0n) is 16.2. The molecule has 0 N–H and O–H groups in total. The van der Waals surface area contributed by atoms with Crippen LogP contribution in [0.1, 0.15) is 55.2 Å². The number of hydrogen-bond acceptors (Lipinski definition) is 4. The van der Waals surface area contributed by atoms with Gasteiger partial charge < -0.3 is 9.15 Å². The second-order valence-corrected chi connectivity index (χ2v) is 7.19. The molecular weight excluding hydrogens is 312 g/mol. The predicted octanol–water partition coefficient (Wildman–Crippen LogP) is 5.04. The molecule has 2 aromatic rings. The molecule has 0 spiro atoms. The number of hydrogen-bond donors (Lipinski definition) is 0. The van der Waals surface area contributed by atoms with E-state index in [0.717, 1.165) is 46.3 Å². The Morgan fingerprint density at radius 3 is 2.72 bits per heavy atom. The normalized spacial score (nSPS) is 18.5. The number of aryl methyl sites for hydroxylation is 3. The number of rotatable bonds is 5. The summed E-state index contributed by atoms with van der Waals surface area (Å²) in [6, 6.07) is 4.85. The highest BCUT2D eigenvalue weighted by atomic mass is 16.5. The van der Waals surface area contributed by atoms with Gasteiger partial charge in [0, 0.05) is 18.2 Å². The molecule has 3 rings (SSSR count). The maximum Gasteiger partial charge on any atom is 0.226 e. The first kappa shape index (κ1) is 18.0. The van der Waals surface area contributed by atoms with E-state index in [2.05, 4.69) is 37.8 Å². The summed E-state index contributed by atoms with van der Waals surface area (Å²) < 4.78 is 11.5. The first-order chi connectivity index (χ1) is 12.0. The monoisotopic (exact) mass is 342 g/mol. The van der Waals surface area contributed by atoms with Crippen molar-refractivity contribution in [1.29, 1.82) is 0 Å². The third kappa shape index (κ3) is 3.74. The van der Waals surface area contributed by atoms with E-state index < -0.39 is 0 Å². The minimum Gasteiger partial charge on any atom is -0.496 e. The van der Waals surface area contributed by atoms with E-state index >= 15 is 0 Å². The molecule has 0 radical (unpaired) electrons. The molecule has 0 bridgehead atoms. The van der Waals surface area contributed by atoms with Crippen LogP contribution in [-0.2, 0) is 6.54 Å². The van der Waals surface area contributed by atoms with Crippen molar-refractivity contribution in [2.75, 3.05) is 13.7 Å². The van der Waals surface area contributed by atoms with E-state index in [9.17, 15) is 0 Å². The van der Waals surface area contributed by atoms with Crippen LogP contribution in [0.3, 0.4) is 0 Å². The number of aromatic nitrogens is 1. The number of likely N-dealkylation sites (tertiary alicyclic amines) is 1. The molecule has 1 aliphatic heterocycles. The standard InChI is InChI=1S/C21H30N2O2/c1-6-17-9-7-8-10-23(17)13-19-16(4)25-21(22-19)18-11-15(3)20(24-5)12-14(18)2/h11-12,17H,6-10,13H2,1-5H3/t17-/m0/s1. The number of benzene rings is 1. The maximum absolute atomic E-state index is 6.04. The maximum atomic E-state index is 6.04. The highest BCUT2D eigenvalue weighted by Gasteiger charge is 2.23. The average molecular weight is 342 g/mol. The molecule has 4 nitrogen and oxygen atoms in total. The molecular formula is C21H30N2O2. The van der Waals surface area contributed by atoms with Crippen LogP contribution in [0.4, 0.5) is 0 Å². The Morgan fingerprint density at radius 2 is 2.00 bits per heavy atom. The van der Waals surface area contributed by atoms with Gasteiger partial charge >= 0.3 is 0 Å². The molecule has 1 fully saturated rings. The SMILES string of the molecule is CC[C@H]1CCCCN1Cc1nc(-c2cc(C)c(OC)cc2C)oc1C. The third-order valence-corrected chi connectivity index (χ3v) is 5.44. The van der Waals surface area contributed by atoms with E-state index in [-0.39, 0.29) is 0 Å². The molecule has 4 heteroatoms. The Labute approximate surface area is 151 Å². The first-order valence-electron chi connectivity index (χ1n) is 9.39. The summed E-state index contributed by atoms with van der Waals surface area (Å²) in [5.41, 5.74) is 4.35. The number of ether oxygens (including phenoxy) is 1. The number of methoxy groups -OCH3 is 1. The van der Waals surface area contributed by atoms with Crippen molar-refractivity contribution < 1.29 is 9.15 Å². The van der Waals surface area contributed by atoms with Crippen LogP contribution in [0.25, 0.3) is 11.5 Å². The lowest BCUT2D eigenvalue weighted by Gasteiger charge is -2.34. The number of piperidine rings is 1. The van der Waals surface area contributed by atoms with Crippen LogP contribution >= 0.6 is 0 Å². The fourth-order valence-corrected chi connectivity index (χ4v) is 3.85. The van der Waals surface area contributed by atoms with Gasteiger partial charge in [0.2, 0.25) is 5.89 Å². The fraction of sp³-hybridized carbons (Fsp3) is 0.571.